The molecule has 2 aromatic rings. The highest BCUT2D eigenvalue weighted by Gasteiger charge is 2.49. The average Bonchev–Trinajstić information content (AvgIpc) is 3.29. The standard InChI is InChI=1S/C19H21NO7/c1-10(21)13-6-20(7-17(22)23)14-4-3-11(5-12(13)14)27-16-9-26-18-15(24-2)8-25-19(16)18/h3-6,15-16,18-19H,7-9H2,1-2H3,(H,22,23)/t15-,16-,18-,19-/m1/s1. The lowest BCUT2D eigenvalue weighted by molar-refractivity contribution is -0.137. The van der Waals surface area contributed by atoms with Gasteiger partial charge < -0.3 is 28.6 Å². The first-order valence-electron chi connectivity index (χ1n) is 8.76. The summed E-state index contributed by atoms with van der Waals surface area (Å²) >= 11 is 0. The number of Topliss-reactive ketones (excluding diaryl/α,β-unsaturated/α-hetero) is 1. The Kier molecular flexibility index (Phi) is 4.63. The van der Waals surface area contributed by atoms with Crippen LogP contribution in [-0.2, 0) is 25.5 Å². The van der Waals surface area contributed by atoms with Crippen molar-refractivity contribution in [1.82, 2.24) is 4.57 Å². The predicted molar refractivity (Wildman–Crippen MR) is 94.3 cm³/mol. The second-order valence-corrected chi connectivity index (χ2v) is 6.83. The van der Waals surface area contributed by atoms with Gasteiger partial charge in [0, 0.05) is 29.8 Å². The topological polar surface area (TPSA) is 96.2 Å². The molecule has 2 fully saturated rings. The molecule has 8 nitrogen and oxygen atoms in total. The quantitative estimate of drug-likeness (QED) is 0.764. The summed E-state index contributed by atoms with van der Waals surface area (Å²) < 4.78 is 24.5. The monoisotopic (exact) mass is 375 g/mol. The smallest absolute Gasteiger partial charge is 0.323 e. The van der Waals surface area contributed by atoms with E-state index in [2.05, 4.69) is 0 Å². The summed E-state index contributed by atoms with van der Waals surface area (Å²) in [7, 11) is 1.63. The van der Waals surface area contributed by atoms with Crippen molar-refractivity contribution in [2.75, 3.05) is 20.3 Å². The molecule has 1 aromatic heterocycles. The van der Waals surface area contributed by atoms with Crippen molar-refractivity contribution in [3.05, 3.63) is 30.0 Å². The number of ketones is 1. The van der Waals surface area contributed by atoms with E-state index in [9.17, 15) is 9.59 Å². The SMILES string of the molecule is CO[C@@H]1CO[C@H]2[C@@H]1OC[C@H]2Oc1ccc2c(c1)c(C(C)=O)cn2CC(=O)O. The van der Waals surface area contributed by atoms with Gasteiger partial charge >= 0.3 is 5.97 Å². The molecule has 3 heterocycles. The Bertz CT molecular complexity index is 890. The van der Waals surface area contributed by atoms with Crippen molar-refractivity contribution >= 4 is 22.7 Å². The summed E-state index contributed by atoms with van der Waals surface area (Å²) in [5, 5.41) is 9.74. The number of aromatic nitrogens is 1. The number of nitrogens with zero attached hydrogens (tertiary/aromatic N) is 1. The fourth-order valence-corrected chi connectivity index (χ4v) is 3.81. The molecule has 2 aliphatic heterocycles. The Balaban J connectivity index is 1.61. The van der Waals surface area contributed by atoms with Crippen LogP contribution in [0.4, 0.5) is 0 Å². The largest absolute Gasteiger partial charge is 0.485 e. The Hall–Kier alpha value is -2.42. The van der Waals surface area contributed by atoms with Crippen LogP contribution in [0.2, 0.25) is 0 Å². The normalized spacial score (nSPS) is 27.0. The third-order valence-electron chi connectivity index (χ3n) is 5.09. The number of carbonyl (C=O) groups excluding carboxylic acids is 1. The highest BCUT2D eigenvalue weighted by Crippen LogP contribution is 2.33. The van der Waals surface area contributed by atoms with Gasteiger partial charge in [-0.3, -0.25) is 9.59 Å². The van der Waals surface area contributed by atoms with Crippen LogP contribution in [0.5, 0.6) is 5.75 Å². The third-order valence-corrected chi connectivity index (χ3v) is 5.09. The maximum atomic E-state index is 12.0. The molecule has 0 unspecified atom stereocenters. The number of ether oxygens (including phenoxy) is 4. The number of rotatable bonds is 6. The van der Waals surface area contributed by atoms with Crippen molar-refractivity contribution < 1.29 is 33.6 Å². The lowest BCUT2D eigenvalue weighted by Gasteiger charge is -2.18. The van der Waals surface area contributed by atoms with E-state index in [1.807, 2.05) is 0 Å². The third kappa shape index (κ3) is 3.20. The van der Waals surface area contributed by atoms with Gasteiger partial charge in [0.1, 0.15) is 30.6 Å². The Morgan fingerprint density at radius 1 is 1.22 bits per heavy atom. The fourth-order valence-electron chi connectivity index (χ4n) is 3.81. The van der Waals surface area contributed by atoms with Gasteiger partial charge in [-0.25, -0.2) is 0 Å². The molecule has 2 aliphatic rings. The van der Waals surface area contributed by atoms with Crippen LogP contribution in [-0.4, -0.2) is 66.2 Å². The summed E-state index contributed by atoms with van der Waals surface area (Å²) in [6.45, 7) is 2.11. The minimum Gasteiger partial charge on any atom is -0.485 e. The van der Waals surface area contributed by atoms with Gasteiger partial charge in [0.15, 0.2) is 11.9 Å². The van der Waals surface area contributed by atoms with Gasteiger partial charge in [0.05, 0.1) is 13.2 Å². The molecule has 1 N–H and O–H groups in total. The molecule has 0 bridgehead atoms. The first-order chi connectivity index (χ1) is 13.0. The van der Waals surface area contributed by atoms with E-state index in [1.54, 1.807) is 36.1 Å². The van der Waals surface area contributed by atoms with Crippen molar-refractivity contribution in [3.63, 3.8) is 0 Å². The van der Waals surface area contributed by atoms with E-state index in [-0.39, 0.29) is 36.7 Å². The number of benzene rings is 1. The molecule has 4 atom stereocenters. The van der Waals surface area contributed by atoms with Crippen LogP contribution < -0.4 is 4.74 Å². The second kappa shape index (κ2) is 6.95. The number of fused-ring (bicyclic) bond motifs is 2. The second-order valence-electron chi connectivity index (χ2n) is 6.83. The van der Waals surface area contributed by atoms with Crippen LogP contribution in [0.3, 0.4) is 0 Å². The lowest BCUT2D eigenvalue weighted by Crippen LogP contribution is -2.35. The zero-order valence-electron chi connectivity index (χ0n) is 15.1. The minimum atomic E-state index is -0.970. The zero-order valence-corrected chi connectivity index (χ0v) is 15.1. The summed E-state index contributed by atoms with van der Waals surface area (Å²) in [6, 6.07) is 5.29. The number of carboxylic acid groups (broad SMARTS) is 1. The molecule has 144 valence electrons. The molecular weight excluding hydrogens is 354 g/mol. The molecular formula is C19H21NO7. The molecule has 0 saturated carbocycles. The average molecular weight is 375 g/mol. The first-order valence-corrected chi connectivity index (χ1v) is 8.76. The maximum Gasteiger partial charge on any atom is 0.323 e. The highest BCUT2D eigenvalue weighted by atomic mass is 16.6. The van der Waals surface area contributed by atoms with E-state index in [1.165, 1.54) is 6.92 Å². The number of carboxylic acids is 1. The molecule has 0 spiro atoms. The van der Waals surface area contributed by atoms with Gasteiger partial charge in [-0.2, -0.15) is 0 Å². The Morgan fingerprint density at radius 3 is 2.59 bits per heavy atom. The number of hydrogen-bond acceptors (Lipinski definition) is 6. The summed E-state index contributed by atoms with van der Waals surface area (Å²) in [5.74, 6) is -0.521. The van der Waals surface area contributed by atoms with Gasteiger partial charge in [-0.1, -0.05) is 0 Å². The zero-order chi connectivity index (χ0) is 19.1. The molecule has 27 heavy (non-hydrogen) atoms. The molecule has 0 amide bonds. The Morgan fingerprint density at radius 2 is 1.93 bits per heavy atom. The van der Waals surface area contributed by atoms with Crippen LogP contribution in [0.1, 0.15) is 17.3 Å². The minimum absolute atomic E-state index is 0.0968. The number of carbonyl (C=O) groups is 2. The molecule has 8 heteroatoms. The molecule has 1 aromatic carbocycles. The van der Waals surface area contributed by atoms with Crippen molar-refractivity contribution in [3.8, 4) is 5.75 Å². The van der Waals surface area contributed by atoms with Crippen LogP contribution in [0.15, 0.2) is 24.4 Å². The van der Waals surface area contributed by atoms with Crippen LogP contribution in [0.25, 0.3) is 10.9 Å². The maximum absolute atomic E-state index is 12.0. The van der Waals surface area contributed by atoms with E-state index >= 15 is 0 Å². The van der Waals surface area contributed by atoms with E-state index < -0.39 is 5.97 Å². The van der Waals surface area contributed by atoms with E-state index in [4.69, 9.17) is 24.1 Å². The fraction of sp³-hybridized carbons (Fsp3) is 0.474. The van der Waals surface area contributed by atoms with Gasteiger partial charge in [-0.05, 0) is 25.1 Å². The summed E-state index contributed by atoms with van der Waals surface area (Å²) in [6.07, 6.45) is 0.862. The number of aliphatic carboxylic acids is 1. The van der Waals surface area contributed by atoms with Crippen LogP contribution in [0, 0.1) is 0 Å². The van der Waals surface area contributed by atoms with Crippen molar-refractivity contribution in [2.24, 2.45) is 0 Å². The molecule has 4 rings (SSSR count). The molecule has 0 aliphatic carbocycles. The van der Waals surface area contributed by atoms with Gasteiger partial charge in [0.2, 0.25) is 0 Å². The first kappa shape index (κ1) is 18.0. The van der Waals surface area contributed by atoms with Crippen molar-refractivity contribution in [2.45, 2.75) is 37.9 Å². The predicted octanol–water partition coefficient (Wildman–Crippen LogP) is 1.49. The van der Waals surface area contributed by atoms with E-state index in [0.29, 0.717) is 35.4 Å². The Labute approximate surface area is 155 Å². The number of hydrogen-bond donors (Lipinski definition) is 1. The van der Waals surface area contributed by atoms with Gasteiger partial charge in [-0.15, -0.1) is 0 Å². The van der Waals surface area contributed by atoms with Gasteiger partial charge in [0.25, 0.3) is 0 Å². The summed E-state index contributed by atoms with van der Waals surface area (Å²) in [4.78, 5) is 23.1. The summed E-state index contributed by atoms with van der Waals surface area (Å²) in [5.41, 5.74) is 1.14. The molecule has 2 saturated heterocycles. The molecule has 0 radical (unpaired) electrons. The van der Waals surface area contributed by atoms with Crippen LogP contribution >= 0.6 is 0 Å². The van der Waals surface area contributed by atoms with E-state index in [0.717, 1.165) is 0 Å². The number of methoxy groups -OCH3 is 1. The van der Waals surface area contributed by atoms with Crippen molar-refractivity contribution in [1.29, 1.82) is 0 Å². The highest BCUT2D eigenvalue weighted by molar-refractivity contribution is 6.07. The lowest BCUT2D eigenvalue weighted by atomic mass is 10.1.